The summed E-state index contributed by atoms with van der Waals surface area (Å²) in [6.45, 7) is 0.651. The molecule has 0 aliphatic rings. The van der Waals surface area contributed by atoms with E-state index < -0.39 is 0 Å². The molecule has 0 amide bonds. The van der Waals surface area contributed by atoms with E-state index in [4.69, 9.17) is 0 Å². The maximum atomic E-state index is 13.1. The van der Waals surface area contributed by atoms with Crippen molar-refractivity contribution in [3.05, 3.63) is 58.6 Å². The Kier molecular flexibility index (Phi) is 3.51. The minimum Gasteiger partial charge on any atom is -0.381 e. The Labute approximate surface area is 102 Å². The van der Waals surface area contributed by atoms with Crippen LogP contribution in [0.25, 0.3) is 0 Å². The highest BCUT2D eigenvalue weighted by Gasteiger charge is 1.98. The summed E-state index contributed by atoms with van der Waals surface area (Å²) in [6.07, 6.45) is 3.47. The Morgan fingerprint density at radius 1 is 1.19 bits per heavy atom. The van der Waals surface area contributed by atoms with Crippen molar-refractivity contribution in [1.82, 2.24) is 4.98 Å². The van der Waals surface area contributed by atoms with E-state index in [2.05, 4.69) is 26.2 Å². The molecule has 0 aliphatic heterocycles. The number of nitrogens with zero attached hydrogens (tertiary/aromatic N) is 1. The topological polar surface area (TPSA) is 24.9 Å². The fraction of sp³-hybridized carbons (Fsp3) is 0.0833. The van der Waals surface area contributed by atoms with Gasteiger partial charge in [-0.15, -0.1) is 0 Å². The summed E-state index contributed by atoms with van der Waals surface area (Å²) in [7, 11) is 0. The second-order valence-corrected chi connectivity index (χ2v) is 4.28. The van der Waals surface area contributed by atoms with Crippen molar-refractivity contribution < 1.29 is 4.39 Å². The van der Waals surface area contributed by atoms with Gasteiger partial charge in [0.05, 0.1) is 0 Å². The number of halogens is 2. The average Bonchev–Trinajstić information content (AvgIpc) is 2.27. The van der Waals surface area contributed by atoms with Crippen LogP contribution >= 0.6 is 15.9 Å². The monoisotopic (exact) mass is 280 g/mol. The van der Waals surface area contributed by atoms with Gasteiger partial charge in [-0.05, 0) is 35.9 Å². The first kappa shape index (κ1) is 11.1. The van der Waals surface area contributed by atoms with Crippen LogP contribution in [-0.2, 0) is 6.54 Å². The molecule has 2 aromatic rings. The zero-order valence-corrected chi connectivity index (χ0v) is 10.0. The van der Waals surface area contributed by atoms with E-state index in [1.165, 1.54) is 12.1 Å². The van der Waals surface area contributed by atoms with E-state index in [0.717, 1.165) is 15.7 Å². The van der Waals surface area contributed by atoms with Gasteiger partial charge in [-0.25, -0.2) is 4.39 Å². The van der Waals surface area contributed by atoms with Crippen LogP contribution in [0.5, 0.6) is 0 Å². The standard InChI is InChI=1S/C12H10BrFN2/c13-10-5-11(14)7-12(6-10)16-8-9-1-3-15-4-2-9/h1-7,16H,8H2. The van der Waals surface area contributed by atoms with Crippen LogP contribution in [0.2, 0.25) is 0 Å². The van der Waals surface area contributed by atoms with Crippen LogP contribution in [0.4, 0.5) is 10.1 Å². The molecule has 0 radical (unpaired) electrons. The molecule has 1 aromatic heterocycles. The highest BCUT2D eigenvalue weighted by molar-refractivity contribution is 9.10. The molecular formula is C12H10BrFN2. The largest absolute Gasteiger partial charge is 0.381 e. The number of hydrogen-bond donors (Lipinski definition) is 1. The lowest BCUT2D eigenvalue weighted by Gasteiger charge is -2.06. The lowest BCUT2D eigenvalue weighted by Crippen LogP contribution is -1.99. The molecule has 0 saturated heterocycles. The highest BCUT2D eigenvalue weighted by Crippen LogP contribution is 2.19. The predicted octanol–water partition coefficient (Wildman–Crippen LogP) is 3.60. The van der Waals surface area contributed by atoms with Crippen LogP contribution in [0, 0.1) is 5.82 Å². The Hall–Kier alpha value is -1.42. The third kappa shape index (κ3) is 3.03. The third-order valence-electron chi connectivity index (χ3n) is 2.11. The number of rotatable bonds is 3. The fourth-order valence-corrected chi connectivity index (χ4v) is 1.83. The molecule has 4 heteroatoms. The SMILES string of the molecule is Fc1cc(Br)cc(NCc2ccncc2)c1. The van der Waals surface area contributed by atoms with Crippen molar-refractivity contribution in [3.8, 4) is 0 Å². The van der Waals surface area contributed by atoms with Gasteiger partial charge >= 0.3 is 0 Å². The Bertz CT molecular complexity index is 453. The first-order valence-electron chi connectivity index (χ1n) is 4.83. The molecule has 2 nitrogen and oxygen atoms in total. The predicted molar refractivity (Wildman–Crippen MR) is 65.7 cm³/mol. The van der Waals surface area contributed by atoms with E-state index in [0.29, 0.717) is 6.54 Å². The van der Waals surface area contributed by atoms with Crippen LogP contribution in [0.15, 0.2) is 47.2 Å². The summed E-state index contributed by atoms with van der Waals surface area (Å²) in [6, 6.07) is 8.57. The van der Waals surface area contributed by atoms with Crippen molar-refractivity contribution in [2.24, 2.45) is 0 Å². The normalized spacial score (nSPS) is 10.1. The molecule has 1 N–H and O–H groups in total. The molecule has 0 spiro atoms. The van der Waals surface area contributed by atoms with Gasteiger partial charge < -0.3 is 5.32 Å². The minimum absolute atomic E-state index is 0.258. The highest BCUT2D eigenvalue weighted by atomic mass is 79.9. The van der Waals surface area contributed by atoms with Crippen molar-refractivity contribution in [2.75, 3.05) is 5.32 Å². The van der Waals surface area contributed by atoms with Crippen LogP contribution < -0.4 is 5.32 Å². The number of aromatic nitrogens is 1. The molecule has 0 aliphatic carbocycles. The van der Waals surface area contributed by atoms with Crippen LogP contribution in [0.1, 0.15) is 5.56 Å². The number of anilines is 1. The molecular weight excluding hydrogens is 271 g/mol. The number of nitrogens with one attached hydrogen (secondary N) is 1. The lowest BCUT2D eigenvalue weighted by molar-refractivity contribution is 0.627. The van der Waals surface area contributed by atoms with Gasteiger partial charge in [0.1, 0.15) is 5.82 Å². The molecule has 1 heterocycles. The van der Waals surface area contributed by atoms with E-state index in [1.54, 1.807) is 12.4 Å². The number of pyridine rings is 1. The van der Waals surface area contributed by atoms with Crippen molar-refractivity contribution in [3.63, 3.8) is 0 Å². The zero-order valence-electron chi connectivity index (χ0n) is 8.45. The smallest absolute Gasteiger partial charge is 0.126 e. The molecule has 0 unspecified atom stereocenters. The quantitative estimate of drug-likeness (QED) is 0.929. The summed E-state index contributed by atoms with van der Waals surface area (Å²) in [5, 5.41) is 3.14. The zero-order chi connectivity index (χ0) is 11.4. The van der Waals surface area contributed by atoms with E-state index >= 15 is 0 Å². The maximum Gasteiger partial charge on any atom is 0.126 e. The van der Waals surface area contributed by atoms with Gasteiger partial charge in [-0.3, -0.25) is 4.98 Å². The Morgan fingerprint density at radius 2 is 1.94 bits per heavy atom. The Balaban J connectivity index is 2.05. The van der Waals surface area contributed by atoms with Crippen LogP contribution in [0.3, 0.4) is 0 Å². The van der Waals surface area contributed by atoms with Gasteiger partial charge in [0, 0.05) is 29.1 Å². The number of benzene rings is 1. The van der Waals surface area contributed by atoms with Gasteiger partial charge in [0.25, 0.3) is 0 Å². The molecule has 0 fully saturated rings. The third-order valence-corrected chi connectivity index (χ3v) is 2.57. The Morgan fingerprint density at radius 3 is 2.62 bits per heavy atom. The fourth-order valence-electron chi connectivity index (χ4n) is 1.36. The minimum atomic E-state index is -0.258. The van der Waals surface area contributed by atoms with Crippen LogP contribution in [-0.4, -0.2) is 4.98 Å². The molecule has 82 valence electrons. The summed E-state index contributed by atoms with van der Waals surface area (Å²) < 4.78 is 13.8. The van der Waals surface area contributed by atoms with Gasteiger partial charge in [0.2, 0.25) is 0 Å². The number of hydrogen-bond acceptors (Lipinski definition) is 2. The van der Waals surface area contributed by atoms with Gasteiger partial charge in [-0.2, -0.15) is 0 Å². The van der Waals surface area contributed by atoms with E-state index in [-0.39, 0.29) is 5.82 Å². The maximum absolute atomic E-state index is 13.1. The molecule has 0 bridgehead atoms. The summed E-state index contributed by atoms with van der Waals surface area (Å²) in [4.78, 5) is 3.93. The van der Waals surface area contributed by atoms with Crippen molar-refractivity contribution in [2.45, 2.75) is 6.54 Å². The van der Waals surface area contributed by atoms with Crippen molar-refractivity contribution in [1.29, 1.82) is 0 Å². The molecule has 2 rings (SSSR count). The average molecular weight is 281 g/mol. The summed E-state index contributed by atoms with van der Waals surface area (Å²) in [5.41, 5.74) is 1.86. The molecule has 0 atom stereocenters. The van der Waals surface area contributed by atoms with Gasteiger partial charge in [0.15, 0.2) is 0 Å². The van der Waals surface area contributed by atoms with Crippen molar-refractivity contribution >= 4 is 21.6 Å². The molecule has 1 aromatic carbocycles. The lowest BCUT2D eigenvalue weighted by atomic mass is 10.2. The second-order valence-electron chi connectivity index (χ2n) is 3.37. The second kappa shape index (κ2) is 5.07. The van der Waals surface area contributed by atoms with Gasteiger partial charge in [-0.1, -0.05) is 15.9 Å². The molecule has 16 heavy (non-hydrogen) atoms. The molecule has 0 saturated carbocycles. The van der Waals surface area contributed by atoms with E-state index in [9.17, 15) is 4.39 Å². The summed E-state index contributed by atoms with van der Waals surface area (Å²) in [5.74, 6) is -0.258. The first-order chi connectivity index (χ1) is 7.74. The first-order valence-corrected chi connectivity index (χ1v) is 5.62. The van der Waals surface area contributed by atoms with E-state index in [1.807, 2.05) is 18.2 Å². The summed E-state index contributed by atoms with van der Waals surface area (Å²) >= 11 is 3.25.